The number of hydrogen-bond donors (Lipinski definition) is 0. The largest absolute Gasteiger partial charge is 0.546 e. The standard InChI is InChI=1S/C20H18O6/c1-3-24-20(23)17-15-11-14(25-12(2)19(21)22)9-10-16(15)26-18(17)13-7-5-4-6-8-13/h4-12H,3H2,1-2H3,(H,21,22)/p-1/t12-/m0/s1. The van der Waals surface area contributed by atoms with Gasteiger partial charge in [0.15, 0.2) is 0 Å². The van der Waals surface area contributed by atoms with Crippen LogP contribution < -0.4 is 9.84 Å². The minimum Gasteiger partial charge on any atom is -0.546 e. The third-order valence-electron chi connectivity index (χ3n) is 3.82. The molecule has 0 fully saturated rings. The Morgan fingerprint density at radius 1 is 1.15 bits per heavy atom. The van der Waals surface area contributed by atoms with Crippen LogP contribution in [0.5, 0.6) is 5.75 Å². The molecule has 6 nitrogen and oxygen atoms in total. The Morgan fingerprint density at radius 2 is 1.88 bits per heavy atom. The molecular weight excluding hydrogens is 336 g/mol. The lowest BCUT2D eigenvalue weighted by Gasteiger charge is -2.15. The van der Waals surface area contributed by atoms with E-state index in [1.807, 2.05) is 30.3 Å². The van der Waals surface area contributed by atoms with Crippen LogP contribution in [-0.2, 0) is 9.53 Å². The molecule has 0 saturated heterocycles. The molecule has 1 heterocycles. The molecule has 1 atom stereocenters. The van der Waals surface area contributed by atoms with E-state index in [0.717, 1.165) is 5.56 Å². The van der Waals surface area contributed by atoms with Crippen LogP contribution in [0.3, 0.4) is 0 Å². The van der Waals surface area contributed by atoms with Gasteiger partial charge in [-0.05, 0) is 32.0 Å². The molecule has 134 valence electrons. The molecule has 3 rings (SSSR count). The second kappa shape index (κ2) is 7.31. The first-order valence-electron chi connectivity index (χ1n) is 8.18. The third-order valence-corrected chi connectivity index (χ3v) is 3.82. The highest BCUT2D eigenvalue weighted by atomic mass is 16.5. The minimum atomic E-state index is -1.33. The van der Waals surface area contributed by atoms with Crippen molar-refractivity contribution in [2.24, 2.45) is 0 Å². The Labute approximate surface area is 149 Å². The van der Waals surface area contributed by atoms with Crippen molar-refractivity contribution in [1.82, 2.24) is 0 Å². The summed E-state index contributed by atoms with van der Waals surface area (Å²) in [7, 11) is 0. The van der Waals surface area contributed by atoms with E-state index in [-0.39, 0.29) is 12.2 Å². The SMILES string of the molecule is CCOC(=O)c1c(-c2ccccc2)oc2ccc(O[C@@H](C)C(=O)[O-])cc12. The Bertz CT molecular complexity index is 942. The molecule has 6 heteroatoms. The van der Waals surface area contributed by atoms with Gasteiger partial charge >= 0.3 is 5.97 Å². The summed E-state index contributed by atoms with van der Waals surface area (Å²) >= 11 is 0. The van der Waals surface area contributed by atoms with E-state index in [1.54, 1.807) is 25.1 Å². The number of hydrogen-bond acceptors (Lipinski definition) is 6. The zero-order chi connectivity index (χ0) is 18.7. The molecule has 0 unspecified atom stereocenters. The highest BCUT2D eigenvalue weighted by Crippen LogP contribution is 2.36. The van der Waals surface area contributed by atoms with Gasteiger partial charge in [0.1, 0.15) is 28.8 Å². The lowest BCUT2D eigenvalue weighted by Crippen LogP contribution is -2.37. The normalized spacial score (nSPS) is 11.9. The molecule has 26 heavy (non-hydrogen) atoms. The van der Waals surface area contributed by atoms with E-state index in [0.29, 0.717) is 22.5 Å². The van der Waals surface area contributed by atoms with Crippen molar-refractivity contribution in [2.75, 3.05) is 6.61 Å². The van der Waals surface area contributed by atoms with E-state index >= 15 is 0 Å². The first-order valence-corrected chi connectivity index (χ1v) is 8.18. The Hall–Kier alpha value is -3.28. The molecule has 2 aromatic carbocycles. The molecular formula is C20H17O6-. The van der Waals surface area contributed by atoms with Crippen LogP contribution in [0.2, 0.25) is 0 Å². The van der Waals surface area contributed by atoms with Crippen LogP contribution in [0.15, 0.2) is 52.9 Å². The number of fused-ring (bicyclic) bond motifs is 1. The second-order valence-corrected chi connectivity index (χ2v) is 5.63. The number of carboxylic acid groups (broad SMARTS) is 1. The number of carboxylic acids is 1. The summed E-state index contributed by atoms with van der Waals surface area (Å²) in [5, 5.41) is 11.4. The number of furan rings is 1. The number of carbonyl (C=O) groups excluding carboxylic acids is 2. The maximum absolute atomic E-state index is 12.5. The smallest absolute Gasteiger partial charge is 0.342 e. The van der Waals surface area contributed by atoms with Crippen molar-refractivity contribution in [3.05, 3.63) is 54.1 Å². The highest BCUT2D eigenvalue weighted by Gasteiger charge is 2.23. The monoisotopic (exact) mass is 353 g/mol. The number of aliphatic carboxylic acids is 1. The van der Waals surface area contributed by atoms with Gasteiger partial charge in [-0.2, -0.15) is 0 Å². The fourth-order valence-electron chi connectivity index (χ4n) is 2.60. The molecule has 0 radical (unpaired) electrons. The predicted molar refractivity (Wildman–Crippen MR) is 92.7 cm³/mol. The van der Waals surface area contributed by atoms with Crippen LogP contribution >= 0.6 is 0 Å². The van der Waals surface area contributed by atoms with Gasteiger partial charge in [0.2, 0.25) is 0 Å². The van der Waals surface area contributed by atoms with Crippen molar-refractivity contribution >= 4 is 22.9 Å². The summed E-state index contributed by atoms with van der Waals surface area (Å²) in [6, 6.07) is 14.0. The molecule has 0 saturated carbocycles. The molecule has 1 aromatic heterocycles. The van der Waals surface area contributed by atoms with Gasteiger partial charge in [-0.3, -0.25) is 0 Å². The number of ether oxygens (including phenoxy) is 2. The first kappa shape index (κ1) is 17.5. The van der Waals surface area contributed by atoms with E-state index in [4.69, 9.17) is 13.9 Å². The minimum absolute atomic E-state index is 0.220. The van der Waals surface area contributed by atoms with Crippen LogP contribution in [-0.4, -0.2) is 24.6 Å². The summed E-state index contributed by atoms with van der Waals surface area (Å²) in [6.45, 7) is 3.31. The number of esters is 1. The van der Waals surface area contributed by atoms with Gasteiger partial charge in [0, 0.05) is 10.9 Å². The van der Waals surface area contributed by atoms with Crippen LogP contribution in [0.1, 0.15) is 24.2 Å². The first-order chi connectivity index (χ1) is 12.5. The van der Waals surface area contributed by atoms with Gasteiger partial charge in [-0.15, -0.1) is 0 Å². The van der Waals surface area contributed by atoms with Crippen molar-refractivity contribution < 1.29 is 28.6 Å². The van der Waals surface area contributed by atoms with Crippen molar-refractivity contribution in [3.8, 4) is 17.1 Å². The Morgan fingerprint density at radius 3 is 2.54 bits per heavy atom. The zero-order valence-corrected chi connectivity index (χ0v) is 14.4. The Kier molecular flexibility index (Phi) is 4.93. The number of benzene rings is 2. The summed E-state index contributed by atoms with van der Waals surface area (Å²) in [5.74, 6) is -1.16. The van der Waals surface area contributed by atoms with E-state index in [9.17, 15) is 14.7 Å². The molecule has 0 bridgehead atoms. The number of carbonyl (C=O) groups is 2. The fourth-order valence-corrected chi connectivity index (χ4v) is 2.60. The van der Waals surface area contributed by atoms with Gasteiger partial charge in [0.25, 0.3) is 0 Å². The predicted octanol–water partition coefficient (Wildman–Crippen LogP) is 2.79. The molecule has 0 aliphatic rings. The molecule has 0 spiro atoms. The van der Waals surface area contributed by atoms with Crippen LogP contribution in [0.4, 0.5) is 0 Å². The third kappa shape index (κ3) is 3.39. The summed E-state index contributed by atoms with van der Waals surface area (Å²) in [4.78, 5) is 23.4. The zero-order valence-electron chi connectivity index (χ0n) is 14.4. The maximum atomic E-state index is 12.5. The van der Waals surface area contributed by atoms with E-state index in [1.165, 1.54) is 6.92 Å². The lowest BCUT2D eigenvalue weighted by molar-refractivity contribution is -0.312. The quantitative estimate of drug-likeness (QED) is 0.633. The van der Waals surface area contributed by atoms with Crippen LogP contribution in [0.25, 0.3) is 22.3 Å². The molecule has 0 N–H and O–H groups in total. The molecule has 0 aliphatic carbocycles. The van der Waals surface area contributed by atoms with Crippen LogP contribution in [0, 0.1) is 0 Å². The average molecular weight is 353 g/mol. The van der Waals surface area contributed by atoms with E-state index < -0.39 is 18.0 Å². The summed E-state index contributed by atoms with van der Waals surface area (Å²) < 4.78 is 16.4. The summed E-state index contributed by atoms with van der Waals surface area (Å²) in [5.41, 5.74) is 1.48. The highest BCUT2D eigenvalue weighted by molar-refractivity contribution is 6.09. The fraction of sp³-hybridized carbons (Fsp3) is 0.200. The van der Waals surface area contributed by atoms with Gasteiger partial charge < -0.3 is 23.8 Å². The Balaban J connectivity index is 2.14. The molecule has 3 aromatic rings. The second-order valence-electron chi connectivity index (χ2n) is 5.63. The summed E-state index contributed by atoms with van der Waals surface area (Å²) in [6.07, 6.45) is -1.13. The molecule has 0 amide bonds. The van der Waals surface area contributed by atoms with Crippen molar-refractivity contribution in [1.29, 1.82) is 0 Å². The van der Waals surface area contributed by atoms with Gasteiger partial charge in [0.05, 0.1) is 12.6 Å². The average Bonchev–Trinajstić information content (AvgIpc) is 3.01. The van der Waals surface area contributed by atoms with Crippen molar-refractivity contribution in [2.45, 2.75) is 20.0 Å². The van der Waals surface area contributed by atoms with Gasteiger partial charge in [-0.25, -0.2) is 4.79 Å². The lowest BCUT2D eigenvalue weighted by atomic mass is 10.1. The maximum Gasteiger partial charge on any atom is 0.342 e. The van der Waals surface area contributed by atoms with E-state index in [2.05, 4.69) is 0 Å². The van der Waals surface area contributed by atoms with Gasteiger partial charge in [-0.1, -0.05) is 30.3 Å². The van der Waals surface area contributed by atoms with Crippen molar-refractivity contribution in [3.63, 3.8) is 0 Å². The molecule has 0 aliphatic heterocycles. The topological polar surface area (TPSA) is 88.8 Å². The number of rotatable bonds is 6.